The van der Waals surface area contributed by atoms with Crippen molar-refractivity contribution in [3.63, 3.8) is 0 Å². The summed E-state index contributed by atoms with van der Waals surface area (Å²) in [6.07, 6.45) is 2.16. The van der Waals surface area contributed by atoms with Gasteiger partial charge in [-0.1, -0.05) is 12.1 Å². The highest BCUT2D eigenvalue weighted by atomic mass is 32.1. The minimum absolute atomic E-state index is 0.470. The van der Waals surface area contributed by atoms with Gasteiger partial charge in [-0.05, 0) is 25.0 Å². The van der Waals surface area contributed by atoms with E-state index in [2.05, 4.69) is 25.7 Å². The quantitative estimate of drug-likeness (QED) is 0.616. The van der Waals surface area contributed by atoms with Gasteiger partial charge in [0.25, 0.3) is 0 Å². The number of benzene rings is 1. The van der Waals surface area contributed by atoms with Crippen molar-refractivity contribution in [2.75, 3.05) is 32.2 Å². The van der Waals surface area contributed by atoms with Gasteiger partial charge in [-0.25, -0.2) is 9.97 Å². The second-order valence-corrected chi connectivity index (χ2v) is 8.08. The van der Waals surface area contributed by atoms with E-state index in [1.165, 1.54) is 16.5 Å². The second-order valence-electron chi connectivity index (χ2n) is 6.46. The first-order valence-corrected chi connectivity index (χ1v) is 10.6. The van der Waals surface area contributed by atoms with E-state index in [9.17, 15) is 0 Å². The van der Waals surface area contributed by atoms with Crippen LogP contribution in [-0.4, -0.2) is 41.7 Å². The standard InChI is InChI=1S/C19H22N4O2S2/c1-24-11-17-21-19(27-22-17)23-9-7-13(8-10-23)18-20-15(12-26-18)14-5-3-4-6-16(14)25-2/h3-6,12-13H,7-11H2,1-2H3. The van der Waals surface area contributed by atoms with Crippen LogP contribution in [0.2, 0.25) is 0 Å². The van der Waals surface area contributed by atoms with Gasteiger partial charge in [0.05, 0.1) is 17.8 Å². The molecule has 142 valence electrons. The average Bonchev–Trinajstić information content (AvgIpc) is 3.38. The highest BCUT2D eigenvalue weighted by Gasteiger charge is 2.25. The summed E-state index contributed by atoms with van der Waals surface area (Å²) >= 11 is 3.21. The molecule has 1 fully saturated rings. The fourth-order valence-corrected chi connectivity index (χ4v) is 5.05. The van der Waals surface area contributed by atoms with Crippen LogP contribution in [0.1, 0.15) is 29.6 Å². The lowest BCUT2D eigenvalue weighted by Crippen LogP contribution is -2.32. The van der Waals surface area contributed by atoms with Gasteiger partial charge in [-0.2, -0.15) is 4.37 Å². The van der Waals surface area contributed by atoms with Crippen LogP contribution >= 0.6 is 22.9 Å². The van der Waals surface area contributed by atoms with Crippen molar-refractivity contribution in [1.82, 2.24) is 14.3 Å². The molecule has 1 aliphatic heterocycles. The first-order chi connectivity index (χ1) is 13.3. The van der Waals surface area contributed by atoms with Gasteiger partial charge in [-0.3, -0.25) is 0 Å². The number of hydrogen-bond acceptors (Lipinski definition) is 8. The number of anilines is 1. The van der Waals surface area contributed by atoms with E-state index < -0.39 is 0 Å². The molecule has 1 aromatic carbocycles. The number of rotatable bonds is 6. The van der Waals surface area contributed by atoms with Crippen LogP contribution in [0.15, 0.2) is 29.6 Å². The van der Waals surface area contributed by atoms with E-state index >= 15 is 0 Å². The van der Waals surface area contributed by atoms with Crippen molar-refractivity contribution in [3.8, 4) is 17.0 Å². The number of hydrogen-bond donors (Lipinski definition) is 0. The van der Waals surface area contributed by atoms with Gasteiger partial charge in [0.1, 0.15) is 12.4 Å². The van der Waals surface area contributed by atoms with Gasteiger partial charge in [0, 0.05) is 48.6 Å². The van der Waals surface area contributed by atoms with Gasteiger partial charge in [0.2, 0.25) is 5.13 Å². The lowest BCUT2D eigenvalue weighted by molar-refractivity contribution is 0.179. The molecular weight excluding hydrogens is 380 g/mol. The maximum atomic E-state index is 5.47. The molecule has 2 aromatic heterocycles. The Labute approximate surface area is 167 Å². The lowest BCUT2D eigenvalue weighted by Gasteiger charge is -2.30. The molecule has 3 heterocycles. The SMILES string of the molecule is COCc1nsc(N2CCC(c3nc(-c4ccccc4OC)cs3)CC2)n1. The summed E-state index contributed by atoms with van der Waals surface area (Å²) < 4.78 is 14.9. The minimum Gasteiger partial charge on any atom is -0.496 e. The zero-order valence-electron chi connectivity index (χ0n) is 15.4. The van der Waals surface area contributed by atoms with Crippen LogP contribution in [0, 0.1) is 0 Å². The molecule has 0 aliphatic carbocycles. The summed E-state index contributed by atoms with van der Waals surface area (Å²) in [4.78, 5) is 11.8. The molecule has 27 heavy (non-hydrogen) atoms. The van der Waals surface area contributed by atoms with Gasteiger partial charge in [0.15, 0.2) is 5.82 Å². The van der Waals surface area contributed by atoms with Crippen LogP contribution in [0.4, 0.5) is 5.13 Å². The van der Waals surface area contributed by atoms with Crippen molar-refractivity contribution in [2.45, 2.75) is 25.4 Å². The number of piperidine rings is 1. The third-order valence-corrected chi connectivity index (χ3v) is 6.57. The fraction of sp³-hybridized carbons (Fsp3) is 0.421. The van der Waals surface area contributed by atoms with Crippen molar-refractivity contribution in [2.24, 2.45) is 0 Å². The normalized spacial score (nSPS) is 15.3. The van der Waals surface area contributed by atoms with Crippen molar-refractivity contribution < 1.29 is 9.47 Å². The van der Waals surface area contributed by atoms with Gasteiger partial charge >= 0.3 is 0 Å². The maximum Gasteiger partial charge on any atom is 0.205 e. The number of para-hydroxylation sites is 1. The van der Waals surface area contributed by atoms with Gasteiger partial charge < -0.3 is 14.4 Å². The molecule has 0 bridgehead atoms. The van der Waals surface area contributed by atoms with E-state index in [1.54, 1.807) is 25.6 Å². The summed E-state index contributed by atoms with van der Waals surface area (Å²) in [5.74, 6) is 2.13. The Morgan fingerprint density at radius 3 is 2.74 bits per heavy atom. The summed E-state index contributed by atoms with van der Waals surface area (Å²) in [7, 11) is 3.37. The molecule has 0 amide bonds. The molecule has 1 saturated heterocycles. The predicted molar refractivity (Wildman–Crippen MR) is 109 cm³/mol. The largest absolute Gasteiger partial charge is 0.496 e. The molecule has 0 N–H and O–H groups in total. The van der Waals surface area contributed by atoms with E-state index in [0.29, 0.717) is 12.5 Å². The number of aromatic nitrogens is 3. The lowest BCUT2D eigenvalue weighted by atomic mass is 9.98. The topological polar surface area (TPSA) is 60.4 Å². The van der Waals surface area contributed by atoms with Crippen LogP contribution in [0.5, 0.6) is 5.75 Å². The van der Waals surface area contributed by atoms with Crippen molar-refractivity contribution >= 4 is 28.0 Å². The summed E-state index contributed by atoms with van der Waals surface area (Å²) in [5, 5.41) is 4.35. The third-order valence-electron chi connectivity index (χ3n) is 4.75. The Morgan fingerprint density at radius 1 is 1.15 bits per heavy atom. The van der Waals surface area contributed by atoms with E-state index in [4.69, 9.17) is 14.5 Å². The molecule has 8 heteroatoms. The Hall–Kier alpha value is -2.03. The van der Waals surface area contributed by atoms with Crippen LogP contribution < -0.4 is 9.64 Å². The molecule has 0 unspecified atom stereocenters. The smallest absolute Gasteiger partial charge is 0.205 e. The Bertz CT molecular complexity index is 887. The molecular formula is C19H22N4O2S2. The summed E-state index contributed by atoms with van der Waals surface area (Å²) in [6, 6.07) is 8.05. The van der Waals surface area contributed by atoms with E-state index in [1.807, 2.05) is 18.2 Å². The first kappa shape index (κ1) is 18.3. The van der Waals surface area contributed by atoms with Gasteiger partial charge in [-0.15, -0.1) is 11.3 Å². The summed E-state index contributed by atoms with van der Waals surface area (Å²) in [5.41, 5.74) is 2.06. The zero-order chi connectivity index (χ0) is 18.6. The van der Waals surface area contributed by atoms with E-state index in [0.717, 1.165) is 53.9 Å². The molecule has 3 aromatic rings. The average molecular weight is 403 g/mol. The van der Waals surface area contributed by atoms with Crippen molar-refractivity contribution in [1.29, 1.82) is 0 Å². The van der Waals surface area contributed by atoms with Crippen molar-refractivity contribution in [3.05, 3.63) is 40.5 Å². The van der Waals surface area contributed by atoms with E-state index in [-0.39, 0.29) is 0 Å². The van der Waals surface area contributed by atoms with Crippen LogP contribution in [0.25, 0.3) is 11.3 Å². The van der Waals surface area contributed by atoms with Crippen LogP contribution in [-0.2, 0) is 11.3 Å². The number of nitrogens with zero attached hydrogens (tertiary/aromatic N) is 4. The highest BCUT2D eigenvalue weighted by molar-refractivity contribution is 7.10. The second kappa shape index (κ2) is 8.33. The molecule has 6 nitrogen and oxygen atoms in total. The first-order valence-electron chi connectivity index (χ1n) is 8.93. The summed E-state index contributed by atoms with van der Waals surface area (Å²) in [6.45, 7) is 2.43. The molecule has 0 radical (unpaired) electrons. The monoisotopic (exact) mass is 402 g/mol. The minimum atomic E-state index is 0.470. The molecule has 4 rings (SSSR count). The zero-order valence-corrected chi connectivity index (χ0v) is 17.1. The molecule has 1 aliphatic rings. The number of ether oxygens (including phenoxy) is 2. The Balaban J connectivity index is 1.42. The Kier molecular flexibility index (Phi) is 5.66. The predicted octanol–water partition coefficient (Wildman–Crippen LogP) is 4.20. The fourth-order valence-electron chi connectivity index (χ4n) is 3.33. The third kappa shape index (κ3) is 3.97. The highest BCUT2D eigenvalue weighted by Crippen LogP contribution is 2.36. The number of thiazole rings is 1. The molecule has 0 saturated carbocycles. The Morgan fingerprint density at radius 2 is 1.96 bits per heavy atom. The maximum absolute atomic E-state index is 5.47. The van der Waals surface area contributed by atoms with Crippen LogP contribution in [0.3, 0.4) is 0 Å². The number of methoxy groups -OCH3 is 2. The molecule has 0 spiro atoms. The molecule has 0 atom stereocenters.